The van der Waals surface area contributed by atoms with E-state index in [4.69, 9.17) is 20.7 Å². The molecule has 0 radical (unpaired) electrons. The molecular formula is C12H10N4O4. The molecule has 0 aromatic heterocycles. The van der Waals surface area contributed by atoms with Gasteiger partial charge in [0.05, 0.1) is 17.7 Å². The molecule has 20 heavy (non-hydrogen) atoms. The molecule has 4 N–H and O–H groups in total. The van der Waals surface area contributed by atoms with Crippen LogP contribution in [0.3, 0.4) is 0 Å². The van der Waals surface area contributed by atoms with Gasteiger partial charge in [0.1, 0.15) is 12.1 Å². The quantitative estimate of drug-likeness (QED) is 0.607. The number of urea groups is 1. The summed E-state index contributed by atoms with van der Waals surface area (Å²) in [6.07, 6.45) is 0. The third-order valence-corrected chi connectivity index (χ3v) is 2.30. The second-order valence-corrected chi connectivity index (χ2v) is 3.66. The highest BCUT2D eigenvalue weighted by Gasteiger charge is 2.18. The molecule has 0 saturated heterocycles. The van der Waals surface area contributed by atoms with Gasteiger partial charge in [0.15, 0.2) is 6.04 Å². The molecule has 0 aliphatic rings. The average Bonchev–Trinajstić information content (AvgIpc) is 2.44. The molecule has 8 nitrogen and oxygen atoms in total. The van der Waals surface area contributed by atoms with E-state index in [0.717, 1.165) is 0 Å². The van der Waals surface area contributed by atoms with Crippen molar-refractivity contribution >= 4 is 17.7 Å². The van der Waals surface area contributed by atoms with Gasteiger partial charge in [0, 0.05) is 5.69 Å². The zero-order chi connectivity index (χ0) is 15.1. The predicted molar refractivity (Wildman–Crippen MR) is 66.5 cm³/mol. The van der Waals surface area contributed by atoms with Crippen molar-refractivity contribution in [1.82, 2.24) is 5.32 Å². The summed E-state index contributed by atoms with van der Waals surface area (Å²) < 4.78 is 0. The summed E-state index contributed by atoms with van der Waals surface area (Å²) in [6.45, 7) is -0.750. The van der Waals surface area contributed by atoms with Crippen LogP contribution in [0.5, 0.6) is 0 Å². The molecule has 0 saturated carbocycles. The Kier molecular flexibility index (Phi) is 5.03. The number of carboxylic acid groups (broad SMARTS) is 1. The number of amides is 2. The Labute approximate surface area is 113 Å². The molecule has 102 valence electrons. The van der Waals surface area contributed by atoms with Crippen molar-refractivity contribution < 1.29 is 19.8 Å². The minimum Gasteiger partial charge on any atom is -0.480 e. The largest absolute Gasteiger partial charge is 0.480 e. The van der Waals surface area contributed by atoms with E-state index in [0.29, 0.717) is 0 Å². The summed E-state index contributed by atoms with van der Waals surface area (Å²) >= 11 is 0. The highest BCUT2D eigenvalue weighted by atomic mass is 16.4. The van der Waals surface area contributed by atoms with Gasteiger partial charge in [-0.3, -0.25) is 0 Å². The molecule has 0 unspecified atom stereocenters. The van der Waals surface area contributed by atoms with E-state index in [9.17, 15) is 9.59 Å². The number of nitrogens with zero attached hydrogens (tertiary/aromatic N) is 2. The van der Waals surface area contributed by atoms with Gasteiger partial charge < -0.3 is 20.8 Å². The zero-order valence-electron chi connectivity index (χ0n) is 10.1. The van der Waals surface area contributed by atoms with Gasteiger partial charge in [0.2, 0.25) is 0 Å². The van der Waals surface area contributed by atoms with Crippen LogP contribution in [0.4, 0.5) is 10.5 Å². The zero-order valence-corrected chi connectivity index (χ0v) is 10.1. The molecule has 1 atom stereocenters. The number of hydrogen-bond donors (Lipinski definition) is 4. The molecule has 8 heteroatoms. The standard InChI is InChI=1S/C12H10N4O4/c13-4-7-1-2-9(3-8(7)5-14)15-12(20)16-10(6-17)11(18)19/h1-3,10,17H,6H2,(H,18,19)(H2,15,16,20)/t10-/m0/s1. The second-order valence-electron chi connectivity index (χ2n) is 3.66. The number of aliphatic carboxylic acids is 1. The highest BCUT2D eigenvalue weighted by molar-refractivity contribution is 5.92. The van der Waals surface area contributed by atoms with Crippen LogP contribution in [-0.2, 0) is 4.79 Å². The Morgan fingerprint density at radius 3 is 2.40 bits per heavy atom. The van der Waals surface area contributed by atoms with Crippen LogP contribution in [0.2, 0.25) is 0 Å². The van der Waals surface area contributed by atoms with Crippen LogP contribution in [0, 0.1) is 22.7 Å². The van der Waals surface area contributed by atoms with E-state index in [2.05, 4.69) is 5.32 Å². The van der Waals surface area contributed by atoms with Crippen molar-refractivity contribution in [3.05, 3.63) is 29.3 Å². The summed E-state index contributed by atoms with van der Waals surface area (Å²) in [5.41, 5.74) is 0.472. The molecule has 1 aromatic rings. The third kappa shape index (κ3) is 3.70. The monoisotopic (exact) mass is 274 g/mol. The van der Waals surface area contributed by atoms with Crippen molar-refractivity contribution in [1.29, 1.82) is 10.5 Å². The lowest BCUT2D eigenvalue weighted by atomic mass is 10.1. The van der Waals surface area contributed by atoms with Gasteiger partial charge in [-0.1, -0.05) is 0 Å². The number of anilines is 1. The fourth-order valence-corrected chi connectivity index (χ4v) is 1.32. The number of carbonyl (C=O) groups excluding carboxylic acids is 1. The molecule has 1 rings (SSSR count). The van der Waals surface area contributed by atoms with Crippen molar-refractivity contribution in [2.45, 2.75) is 6.04 Å². The topological polar surface area (TPSA) is 146 Å². The van der Waals surface area contributed by atoms with Crippen LogP contribution in [-0.4, -0.2) is 34.9 Å². The van der Waals surface area contributed by atoms with Crippen LogP contribution >= 0.6 is 0 Å². The molecule has 0 fully saturated rings. The molecule has 1 aromatic carbocycles. The number of nitrogens with one attached hydrogen (secondary N) is 2. The van der Waals surface area contributed by atoms with E-state index in [1.807, 2.05) is 11.4 Å². The van der Waals surface area contributed by atoms with Gasteiger partial charge in [-0.25, -0.2) is 9.59 Å². The van der Waals surface area contributed by atoms with E-state index in [-0.39, 0.29) is 16.8 Å². The maximum Gasteiger partial charge on any atom is 0.328 e. The first-order valence-electron chi connectivity index (χ1n) is 5.37. The lowest BCUT2D eigenvalue weighted by Crippen LogP contribution is -2.45. The van der Waals surface area contributed by atoms with Crippen molar-refractivity contribution in [2.75, 3.05) is 11.9 Å². The number of carbonyl (C=O) groups is 2. The molecular weight excluding hydrogens is 264 g/mol. The highest BCUT2D eigenvalue weighted by Crippen LogP contribution is 2.14. The Morgan fingerprint density at radius 2 is 1.90 bits per heavy atom. The fourth-order valence-electron chi connectivity index (χ4n) is 1.32. The smallest absolute Gasteiger partial charge is 0.328 e. The number of hydrogen-bond acceptors (Lipinski definition) is 5. The average molecular weight is 274 g/mol. The normalized spacial score (nSPS) is 10.8. The molecule has 0 aliphatic heterocycles. The van der Waals surface area contributed by atoms with E-state index >= 15 is 0 Å². The Balaban J connectivity index is 2.80. The fraction of sp³-hybridized carbons (Fsp3) is 0.167. The Morgan fingerprint density at radius 1 is 1.25 bits per heavy atom. The molecule has 0 bridgehead atoms. The first kappa shape index (κ1) is 15.0. The number of rotatable bonds is 4. The van der Waals surface area contributed by atoms with E-state index < -0.39 is 24.6 Å². The van der Waals surface area contributed by atoms with E-state index in [1.165, 1.54) is 18.2 Å². The maximum atomic E-state index is 11.5. The van der Waals surface area contributed by atoms with Crippen molar-refractivity contribution in [2.24, 2.45) is 0 Å². The summed E-state index contributed by atoms with van der Waals surface area (Å²) in [5, 5.41) is 39.3. The molecule has 0 heterocycles. The van der Waals surface area contributed by atoms with Crippen LogP contribution in [0.1, 0.15) is 11.1 Å². The van der Waals surface area contributed by atoms with Gasteiger partial charge in [-0.05, 0) is 18.2 Å². The number of aliphatic hydroxyl groups excluding tert-OH is 1. The first-order valence-corrected chi connectivity index (χ1v) is 5.37. The van der Waals surface area contributed by atoms with E-state index in [1.54, 1.807) is 6.07 Å². The summed E-state index contributed by atoms with van der Waals surface area (Å²) in [6, 6.07) is 5.39. The Hall–Kier alpha value is -3.10. The number of benzene rings is 1. The van der Waals surface area contributed by atoms with Crippen LogP contribution in [0.15, 0.2) is 18.2 Å². The summed E-state index contributed by atoms with van der Waals surface area (Å²) in [5.74, 6) is -1.37. The SMILES string of the molecule is N#Cc1ccc(NC(=O)N[C@@H](CO)C(=O)O)cc1C#N. The van der Waals surface area contributed by atoms with Gasteiger partial charge in [-0.15, -0.1) is 0 Å². The minimum absolute atomic E-state index is 0.0854. The predicted octanol–water partition coefficient (Wildman–Crippen LogP) is -0.00304. The van der Waals surface area contributed by atoms with Crippen LogP contribution in [0.25, 0.3) is 0 Å². The van der Waals surface area contributed by atoms with Crippen LogP contribution < -0.4 is 10.6 Å². The summed E-state index contributed by atoms with van der Waals surface area (Å²) in [7, 11) is 0. The van der Waals surface area contributed by atoms with Crippen molar-refractivity contribution in [3.8, 4) is 12.1 Å². The lowest BCUT2D eigenvalue weighted by Gasteiger charge is -2.12. The first-order chi connectivity index (χ1) is 9.51. The van der Waals surface area contributed by atoms with Gasteiger partial charge >= 0.3 is 12.0 Å². The third-order valence-electron chi connectivity index (χ3n) is 2.30. The van der Waals surface area contributed by atoms with Crippen molar-refractivity contribution in [3.63, 3.8) is 0 Å². The molecule has 0 spiro atoms. The molecule has 0 aliphatic carbocycles. The maximum absolute atomic E-state index is 11.5. The number of nitriles is 2. The number of aliphatic hydroxyl groups is 1. The lowest BCUT2D eigenvalue weighted by molar-refractivity contribution is -0.140. The second kappa shape index (κ2) is 6.73. The number of carboxylic acids is 1. The minimum atomic E-state index is -1.43. The molecule has 2 amide bonds. The Bertz CT molecular complexity index is 615. The van der Waals surface area contributed by atoms with Gasteiger partial charge in [-0.2, -0.15) is 10.5 Å². The van der Waals surface area contributed by atoms with Gasteiger partial charge in [0.25, 0.3) is 0 Å². The summed E-state index contributed by atoms with van der Waals surface area (Å²) in [4.78, 5) is 22.1.